The summed E-state index contributed by atoms with van der Waals surface area (Å²) in [6, 6.07) is 3.20. The fourth-order valence-electron chi connectivity index (χ4n) is 2.56. The first kappa shape index (κ1) is 19.7. The van der Waals surface area contributed by atoms with Crippen LogP contribution in [-0.4, -0.2) is 48.1 Å². The molecule has 0 aliphatic carbocycles. The number of hydrogen-bond acceptors (Lipinski definition) is 7. The number of hydrogen-bond donors (Lipinski definition) is 1. The first-order valence-corrected chi connectivity index (χ1v) is 8.23. The number of methoxy groups -OCH3 is 2. The molecule has 1 N–H and O–H groups in total. The summed E-state index contributed by atoms with van der Waals surface area (Å²) in [4.78, 5) is 29.0. The molecule has 8 nitrogen and oxygen atoms in total. The highest BCUT2D eigenvalue weighted by Crippen LogP contribution is 2.30. The van der Waals surface area contributed by atoms with Crippen LogP contribution in [0.25, 0.3) is 10.9 Å². The molecule has 0 fully saturated rings. The Hall–Kier alpha value is -2.61. The Morgan fingerprint density at radius 2 is 2.00 bits per heavy atom. The summed E-state index contributed by atoms with van der Waals surface area (Å²) >= 11 is 0. The average Bonchev–Trinajstić information content (AvgIpc) is 2.63. The third kappa shape index (κ3) is 4.13. The predicted octanol–water partition coefficient (Wildman–Crippen LogP) is 1.37. The van der Waals surface area contributed by atoms with E-state index in [0.717, 1.165) is 0 Å². The highest BCUT2D eigenvalue weighted by molar-refractivity contribution is 5.81. The maximum Gasteiger partial charge on any atom is 0.313 e. The number of fused-ring (bicyclic) bond motifs is 1. The van der Waals surface area contributed by atoms with Crippen molar-refractivity contribution in [3.63, 3.8) is 0 Å². The minimum Gasteiger partial charge on any atom is -0.493 e. The molecule has 26 heavy (non-hydrogen) atoms. The largest absolute Gasteiger partial charge is 0.493 e. The van der Waals surface area contributed by atoms with Crippen molar-refractivity contribution >= 4 is 16.9 Å². The second kappa shape index (κ2) is 8.18. The summed E-state index contributed by atoms with van der Waals surface area (Å²) in [5, 5.41) is 9.22. The van der Waals surface area contributed by atoms with Gasteiger partial charge in [-0.2, -0.15) is 0 Å². The lowest BCUT2D eigenvalue weighted by atomic mass is 9.93. The van der Waals surface area contributed by atoms with Crippen molar-refractivity contribution < 1.29 is 24.1 Å². The van der Waals surface area contributed by atoms with Crippen molar-refractivity contribution in [2.45, 2.75) is 26.8 Å². The summed E-state index contributed by atoms with van der Waals surface area (Å²) < 4.78 is 17.0. The molecule has 0 saturated heterocycles. The van der Waals surface area contributed by atoms with Crippen molar-refractivity contribution in [1.82, 2.24) is 9.55 Å². The predicted molar refractivity (Wildman–Crippen MR) is 95.5 cm³/mol. The molecular weight excluding hydrogens is 340 g/mol. The molecule has 0 aliphatic rings. The summed E-state index contributed by atoms with van der Waals surface area (Å²) in [6.07, 6.45) is 1.89. The van der Waals surface area contributed by atoms with E-state index >= 15 is 0 Å². The number of aromatic nitrogens is 2. The van der Waals surface area contributed by atoms with Crippen LogP contribution in [0.15, 0.2) is 23.3 Å². The van der Waals surface area contributed by atoms with E-state index in [0.29, 0.717) is 35.4 Å². The highest BCUT2D eigenvalue weighted by Gasteiger charge is 2.30. The van der Waals surface area contributed by atoms with Crippen LogP contribution in [0.3, 0.4) is 0 Å². The van der Waals surface area contributed by atoms with Crippen molar-refractivity contribution in [3.05, 3.63) is 28.8 Å². The number of carbonyl (C=O) groups excluding carboxylic acids is 1. The van der Waals surface area contributed by atoms with E-state index in [1.807, 2.05) is 0 Å². The fourth-order valence-corrected chi connectivity index (χ4v) is 2.56. The van der Waals surface area contributed by atoms with Gasteiger partial charge in [-0.1, -0.05) is 0 Å². The van der Waals surface area contributed by atoms with Gasteiger partial charge in [-0.25, -0.2) is 4.98 Å². The molecule has 0 aliphatic heterocycles. The van der Waals surface area contributed by atoms with Crippen LogP contribution < -0.4 is 15.0 Å². The van der Waals surface area contributed by atoms with Crippen molar-refractivity contribution in [2.75, 3.05) is 27.4 Å². The van der Waals surface area contributed by atoms with Crippen LogP contribution in [0.5, 0.6) is 11.5 Å². The standard InChI is InChI=1S/C18H24N2O6/c1-18(2,17(23)25-4)10-20-11-19-13-9-15(26-7-5-6-21)14(24-3)8-12(13)16(20)22/h8-9,11,21H,5-7,10H2,1-4H3. The summed E-state index contributed by atoms with van der Waals surface area (Å²) in [7, 11) is 2.80. The third-order valence-corrected chi connectivity index (χ3v) is 3.97. The minimum atomic E-state index is -0.870. The zero-order valence-corrected chi connectivity index (χ0v) is 15.4. The lowest BCUT2D eigenvalue weighted by molar-refractivity contribution is -0.151. The number of aliphatic hydroxyl groups is 1. The van der Waals surface area contributed by atoms with Gasteiger partial charge in [0.2, 0.25) is 0 Å². The molecule has 2 aromatic rings. The number of rotatable bonds is 8. The molecule has 1 heterocycles. The number of benzene rings is 1. The normalized spacial score (nSPS) is 11.4. The van der Waals surface area contributed by atoms with Gasteiger partial charge in [0.25, 0.3) is 5.56 Å². The van der Waals surface area contributed by atoms with E-state index in [2.05, 4.69) is 4.98 Å². The van der Waals surface area contributed by atoms with Crippen LogP contribution in [0.1, 0.15) is 20.3 Å². The molecule has 0 spiro atoms. The van der Waals surface area contributed by atoms with E-state index in [-0.39, 0.29) is 18.7 Å². The maximum atomic E-state index is 12.8. The van der Waals surface area contributed by atoms with Crippen LogP contribution >= 0.6 is 0 Å². The van der Waals surface area contributed by atoms with E-state index in [1.54, 1.807) is 26.0 Å². The van der Waals surface area contributed by atoms with E-state index in [9.17, 15) is 9.59 Å². The topological polar surface area (TPSA) is 99.9 Å². The average molecular weight is 364 g/mol. The first-order valence-electron chi connectivity index (χ1n) is 8.23. The Morgan fingerprint density at radius 3 is 2.62 bits per heavy atom. The van der Waals surface area contributed by atoms with Gasteiger partial charge in [0.05, 0.1) is 43.5 Å². The smallest absolute Gasteiger partial charge is 0.313 e. The number of ether oxygens (including phenoxy) is 3. The van der Waals surface area contributed by atoms with Gasteiger partial charge in [-0.15, -0.1) is 0 Å². The zero-order valence-electron chi connectivity index (χ0n) is 15.4. The quantitative estimate of drug-likeness (QED) is 0.558. The molecule has 0 saturated carbocycles. The number of aliphatic hydroxyl groups excluding tert-OH is 1. The van der Waals surface area contributed by atoms with Gasteiger partial charge >= 0.3 is 5.97 Å². The Kier molecular flexibility index (Phi) is 6.20. The van der Waals surface area contributed by atoms with Gasteiger partial charge in [0.15, 0.2) is 11.5 Å². The van der Waals surface area contributed by atoms with Gasteiger partial charge in [-0.05, 0) is 19.9 Å². The van der Waals surface area contributed by atoms with Gasteiger partial charge in [0.1, 0.15) is 0 Å². The first-order chi connectivity index (χ1) is 12.3. The minimum absolute atomic E-state index is 0.0227. The maximum absolute atomic E-state index is 12.8. The van der Waals surface area contributed by atoms with Crippen molar-refractivity contribution in [1.29, 1.82) is 0 Å². The second-order valence-electron chi connectivity index (χ2n) is 6.50. The molecule has 142 valence electrons. The molecule has 2 rings (SSSR count). The summed E-state index contributed by atoms with van der Waals surface area (Å²) in [5.41, 5.74) is -0.695. The van der Waals surface area contributed by atoms with Crippen LogP contribution in [0, 0.1) is 5.41 Å². The number of esters is 1. The van der Waals surface area contributed by atoms with Gasteiger partial charge < -0.3 is 19.3 Å². The molecule has 0 radical (unpaired) electrons. The van der Waals surface area contributed by atoms with E-state index < -0.39 is 11.4 Å². The molecule has 1 aromatic carbocycles. The van der Waals surface area contributed by atoms with Crippen LogP contribution in [0.4, 0.5) is 0 Å². The monoisotopic (exact) mass is 364 g/mol. The number of carbonyl (C=O) groups is 1. The Bertz CT molecular complexity index is 843. The lowest BCUT2D eigenvalue weighted by Crippen LogP contribution is -2.35. The SMILES string of the molecule is COC(=O)C(C)(C)Cn1cnc2cc(OCCCO)c(OC)cc2c1=O. The van der Waals surface area contributed by atoms with Crippen molar-refractivity contribution in [3.8, 4) is 11.5 Å². The molecular formula is C18H24N2O6. The molecule has 0 amide bonds. The van der Waals surface area contributed by atoms with Crippen LogP contribution in [-0.2, 0) is 16.1 Å². The number of nitrogens with zero attached hydrogens (tertiary/aromatic N) is 2. The summed E-state index contributed by atoms with van der Waals surface area (Å²) in [5.74, 6) is 0.446. The Morgan fingerprint density at radius 1 is 1.27 bits per heavy atom. The van der Waals surface area contributed by atoms with E-state index in [1.165, 1.54) is 25.1 Å². The highest BCUT2D eigenvalue weighted by atomic mass is 16.5. The fraction of sp³-hybridized carbons (Fsp3) is 0.500. The molecule has 0 unspecified atom stereocenters. The van der Waals surface area contributed by atoms with Gasteiger partial charge in [0, 0.05) is 25.6 Å². The molecule has 0 bridgehead atoms. The third-order valence-electron chi connectivity index (χ3n) is 3.97. The summed E-state index contributed by atoms with van der Waals surface area (Å²) in [6.45, 7) is 3.89. The molecule has 0 atom stereocenters. The van der Waals surface area contributed by atoms with E-state index in [4.69, 9.17) is 19.3 Å². The molecule has 8 heteroatoms. The lowest BCUT2D eigenvalue weighted by Gasteiger charge is -2.22. The second-order valence-corrected chi connectivity index (χ2v) is 6.50. The Labute approximate surface area is 151 Å². The zero-order chi connectivity index (χ0) is 19.3. The Balaban J connectivity index is 2.43. The van der Waals surface area contributed by atoms with Gasteiger partial charge in [-0.3, -0.25) is 14.2 Å². The van der Waals surface area contributed by atoms with Crippen LogP contribution in [0.2, 0.25) is 0 Å². The molecule has 1 aromatic heterocycles. The van der Waals surface area contributed by atoms with Crippen molar-refractivity contribution in [2.24, 2.45) is 5.41 Å².